The molecule has 1 heterocycles. The quantitative estimate of drug-likeness (QED) is 0.711. The van der Waals surface area contributed by atoms with Crippen LogP contribution in [0.25, 0.3) is 0 Å². The van der Waals surface area contributed by atoms with E-state index in [2.05, 4.69) is 30.8 Å². The smallest absolute Gasteiger partial charge is 0.185 e. The van der Waals surface area contributed by atoms with Crippen molar-refractivity contribution in [1.82, 2.24) is 14.7 Å². The highest BCUT2D eigenvalue weighted by molar-refractivity contribution is 6.02. The second-order valence-corrected chi connectivity index (χ2v) is 4.53. The number of nitrogens with zero attached hydrogens (tertiary/aromatic N) is 3. The van der Waals surface area contributed by atoms with E-state index in [1.807, 2.05) is 14.0 Å². The number of likely N-dealkylation sites (N-methyl/N-ethyl adjacent to an activating group) is 1. The van der Waals surface area contributed by atoms with Gasteiger partial charge in [-0.3, -0.25) is 14.4 Å². The molecule has 0 bridgehead atoms. The standard InChI is InChI=1S/C13H23N3O/c1-6-13(4,16(7-2)8-3)12(17)11-9-14-15(5)10-11/h9-10H,6-8H2,1-5H3. The summed E-state index contributed by atoms with van der Waals surface area (Å²) in [5.41, 5.74) is 0.274. The van der Waals surface area contributed by atoms with E-state index in [0.29, 0.717) is 5.56 Å². The first kappa shape index (κ1) is 13.9. The Morgan fingerprint density at radius 1 is 1.41 bits per heavy atom. The molecule has 0 amide bonds. The van der Waals surface area contributed by atoms with Crippen molar-refractivity contribution in [2.45, 2.75) is 39.7 Å². The Hall–Kier alpha value is -1.16. The molecule has 0 aliphatic rings. The third kappa shape index (κ3) is 2.57. The lowest BCUT2D eigenvalue weighted by Gasteiger charge is -2.38. The van der Waals surface area contributed by atoms with Crippen LogP contribution in [0.15, 0.2) is 12.4 Å². The van der Waals surface area contributed by atoms with Gasteiger partial charge in [0.2, 0.25) is 0 Å². The van der Waals surface area contributed by atoms with Gasteiger partial charge in [0.1, 0.15) is 0 Å². The first-order valence-corrected chi connectivity index (χ1v) is 6.28. The molecule has 0 spiro atoms. The van der Waals surface area contributed by atoms with Crippen LogP contribution in [0.2, 0.25) is 0 Å². The molecular weight excluding hydrogens is 214 g/mol. The molecule has 17 heavy (non-hydrogen) atoms. The fourth-order valence-corrected chi connectivity index (χ4v) is 2.30. The van der Waals surface area contributed by atoms with Crippen molar-refractivity contribution in [3.8, 4) is 0 Å². The average Bonchev–Trinajstić information content (AvgIpc) is 2.76. The minimum absolute atomic E-state index is 0.164. The first-order chi connectivity index (χ1) is 7.99. The van der Waals surface area contributed by atoms with E-state index in [0.717, 1.165) is 19.5 Å². The van der Waals surface area contributed by atoms with Gasteiger partial charge >= 0.3 is 0 Å². The highest BCUT2D eigenvalue weighted by Crippen LogP contribution is 2.24. The Kier molecular flexibility index (Phi) is 4.46. The van der Waals surface area contributed by atoms with Gasteiger partial charge in [0.25, 0.3) is 0 Å². The van der Waals surface area contributed by atoms with Crippen LogP contribution in [-0.2, 0) is 7.05 Å². The van der Waals surface area contributed by atoms with E-state index in [-0.39, 0.29) is 5.78 Å². The molecule has 1 aromatic rings. The van der Waals surface area contributed by atoms with Crippen LogP contribution in [0.4, 0.5) is 0 Å². The molecule has 0 saturated carbocycles. The molecular formula is C13H23N3O. The molecule has 1 rings (SSSR count). The lowest BCUT2D eigenvalue weighted by atomic mass is 9.88. The topological polar surface area (TPSA) is 38.1 Å². The van der Waals surface area contributed by atoms with E-state index in [1.54, 1.807) is 17.1 Å². The number of hydrogen-bond acceptors (Lipinski definition) is 3. The van der Waals surface area contributed by atoms with Gasteiger partial charge in [0, 0.05) is 13.2 Å². The molecule has 4 heteroatoms. The van der Waals surface area contributed by atoms with Gasteiger partial charge in [-0.2, -0.15) is 5.10 Å². The van der Waals surface area contributed by atoms with Crippen molar-refractivity contribution in [1.29, 1.82) is 0 Å². The molecule has 1 aromatic heterocycles. The molecule has 1 unspecified atom stereocenters. The Morgan fingerprint density at radius 3 is 2.35 bits per heavy atom. The lowest BCUT2D eigenvalue weighted by Crippen LogP contribution is -2.51. The van der Waals surface area contributed by atoms with E-state index >= 15 is 0 Å². The Morgan fingerprint density at radius 2 is 2.00 bits per heavy atom. The summed E-state index contributed by atoms with van der Waals surface area (Å²) in [5.74, 6) is 0.164. The largest absolute Gasteiger partial charge is 0.292 e. The van der Waals surface area contributed by atoms with E-state index in [9.17, 15) is 4.79 Å². The maximum atomic E-state index is 12.6. The van der Waals surface area contributed by atoms with E-state index in [4.69, 9.17) is 0 Å². The summed E-state index contributed by atoms with van der Waals surface area (Å²) in [6, 6.07) is 0. The van der Waals surface area contributed by atoms with Crippen molar-refractivity contribution in [2.24, 2.45) is 7.05 Å². The third-order valence-electron chi connectivity index (χ3n) is 3.61. The Balaban J connectivity index is 3.04. The highest BCUT2D eigenvalue weighted by atomic mass is 16.1. The van der Waals surface area contributed by atoms with Crippen molar-refractivity contribution in [3.63, 3.8) is 0 Å². The average molecular weight is 237 g/mol. The summed E-state index contributed by atoms with van der Waals surface area (Å²) < 4.78 is 1.67. The zero-order valence-corrected chi connectivity index (χ0v) is 11.5. The summed E-state index contributed by atoms with van der Waals surface area (Å²) in [5, 5.41) is 4.07. The molecule has 96 valence electrons. The summed E-state index contributed by atoms with van der Waals surface area (Å²) in [4.78, 5) is 14.8. The van der Waals surface area contributed by atoms with Gasteiger partial charge in [-0.05, 0) is 26.4 Å². The number of aryl methyl sites for hydroxylation is 1. The van der Waals surface area contributed by atoms with Crippen molar-refractivity contribution in [2.75, 3.05) is 13.1 Å². The van der Waals surface area contributed by atoms with E-state index < -0.39 is 5.54 Å². The molecule has 0 aliphatic heterocycles. The fraction of sp³-hybridized carbons (Fsp3) is 0.692. The molecule has 0 N–H and O–H groups in total. The number of Topliss-reactive ketones (excluding diaryl/α,β-unsaturated/α-hetero) is 1. The van der Waals surface area contributed by atoms with Crippen molar-refractivity contribution >= 4 is 5.78 Å². The maximum absolute atomic E-state index is 12.6. The van der Waals surface area contributed by atoms with Crippen LogP contribution in [0.5, 0.6) is 0 Å². The normalized spacial score (nSPS) is 14.9. The minimum Gasteiger partial charge on any atom is -0.292 e. The maximum Gasteiger partial charge on any atom is 0.185 e. The predicted molar refractivity (Wildman–Crippen MR) is 69.2 cm³/mol. The van der Waals surface area contributed by atoms with Crippen LogP contribution in [0.1, 0.15) is 44.5 Å². The summed E-state index contributed by atoms with van der Waals surface area (Å²) in [7, 11) is 1.83. The summed E-state index contributed by atoms with van der Waals surface area (Å²) in [6.07, 6.45) is 4.25. The monoisotopic (exact) mass is 237 g/mol. The fourth-order valence-electron chi connectivity index (χ4n) is 2.30. The van der Waals surface area contributed by atoms with Crippen molar-refractivity contribution in [3.05, 3.63) is 18.0 Å². The zero-order chi connectivity index (χ0) is 13.1. The Bertz CT molecular complexity index is 382. The summed E-state index contributed by atoms with van der Waals surface area (Å²) in [6.45, 7) is 10.0. The van der Waals surface area contributed by atoms with E-state index in [1.165, 1.54) is 0 Å². The summed E-state index contributed by atoms with van der Waals surface area (Å²) >= 11 is 0. The van der Waals surface area contributed by atoms with Crippen LogP contribution in [0.3, 0.4) is 0 Å². The number of carbonyl (C=O) groups is 1. The number of rotatable bonds is 6. The zero-order valence-electron chi connectivity index (χ0n) is 11.5. The van der Waals surface area contributed by atoms with Crippen molar-refractivity contribution < 1.29 is 4.79 Å². The number of hydrogen-bond donors (Lipinski definition) is 0. The second-order valence-electron chi connectivity index (χ2n) is 4.53. The third-order valence-corrected chi connectivity index (χ3v) is 3.61. The molecule has 0 radical (unpaired) electrons. The molecule has 4 nitrogen and oxygen atoms in total. The lowest BCUT2D eigenvalue weighted by molar-refractivity contribution is 0.0607. The van der Waals surface area contributed by atoms with Gasteiger partial charge in [-0.1, -0.05) is 20.8 Å². The predicted octanol–water partition coefficient (Wildman–Crippen LogP) is 2.11. The van der Waals surface area contributed by atoms with Crippen LogP contribution in [0, 0.1) is 0 Å². The molecule has 0 saturated heterocycles. The van der Waals surface area contributed by atoms with Crippen LogP contribution < -0.4 is 0 Å². The highest BCUT2D eigenvalue weighted by Gasteiger charge is 2.37. The van der Waals surface area contributed by atoms with Gasteiger partial charge < -0.3 is 0 Å². The minimum atomic E-state index is -0.424. The number of ketones is 1. The molecule has 0 fully saturated rings. The van der Waals surface area contributed by atoms with Gasteiger partial charge in [0.15, 0.2) is 5.78 Å². The van der Waals surface area contributed by atoms with Crippen LogP contribution in [-0.4, -0.2) is 39.1 Å². The molecule has 0 aliphatic carbocycles. The van der Waals surface area contributed by atoms with Gasteiger partial charge in [-0.25, -0.2) is 0 Å². The van der Waals surface area contributed by atoms with Gasteiger partial charge in [0.05, 0.1) is 17.3 Å². The SMILES string of the molecule is CCN(CC)C(C)(CC)C(=O)c1cnn(C)c1. The molecule has 0 aromatic carbocycles. The number of aromatic nitrogens is 2. The molecule has 1 atom stereocenters. The van der Waals surface area contributed by atoms with Gasteiger partial charge in [-0.15, -0.1) is 0 Å². The number of carbonyl (C=O) groups excluding carboxylic acids is 1. The Labute approximate surface area is 104 Å². The van der Waals surface area contributed by atoms with Crippen LogP contribution >= 0.6 is 0 Å². The first-order valence-electron chi connectivity index (χ1n) is 6.28. The second kappa shape index (κ2) is 5.45.